The lowest BCUT2D eigenvalue weighted by molar-refractivity contribution is -0.135. The maximum atomic E-state index is 13.7. The summed E-state index contributed by atoms with van der Waals surface area (Å²) in [5.41, 5.74) is 9.91. The molecule has 1 saturated carbocycles. The van der Waals surface area contributed by atoms with Crippen molar-refractivity contribution in [1.29, 1.82) is 0 Å². The average molecular weight is 638 g/mol. The molecule has 0 aliphatic heterocycles. The normalized spacial score (nSPS) is 17.0. The van der Waals surface area contributed by atoms with Gasteiger partial charge in [-0.05, 0) is 96.5 Å². The van der Waals surface area contributed by atoms with E-state index in [1.165, 1.54) is 0 Å². The van der Waals surface area contributed by atoms with E-state index >= 15 is 0 Å². The molecule has 0 radical (unpaired) electrons. The molecule has 1 fully saturated rings. The number of nitrogens with zero attached hydrogens (tertiary/aromatic N) is 3. The maximum Gasteiger partial charge on any atom is 0.232 e. The maximum absolute atomic E-state index is 13.7. The second-order valence-corrected chi connectivity index (χ2v) is 12.5. The third-order valence-electron chi connectivity index (χ3n) is 8.78. The van der Waals surface area contributed by atoms with Crippen molar-refractivity contribution in [1.82, 2.24) is 0 Å². The van der Waals surface area contributed by atoms with Gasteiger partial charge in [-0.25, -0.2) is 0 Å². The molecule has 244 valence electrons. The summed E-state index contributed by atoms with van der Waals surface area (Å²) in [5, 5.41) is 0. The van der Waals surface area contributed by atoms with Crippen molar-refractivity contribution in [2.24, 2.45) is 10.9 Å². The zero-order valence-corrected chi connectivity index (χ0v) is 28.7. The fourth-order valence-corrected chi connectivity index (χ4v) is 5.95. The highest BCUT2D eigenvalue weighted by Gasteiger charge is 2.43. The average Bonchev–Trinajstić information content (AvgIpc) is 3.29. The molecular formula is C42H43N3O3. The summed E-state index contributed by atoms with van der Waals surface area (Å²) < 4.78 is 0. The molecule has 48 heavy (non-hydrogen) atoms. The van der Waals surface area contributed by atoms with E-state index in [9.17, 15) is 14.4 Å². The molecular weight excluding hydrogens is 594 g/mol. The van der Waals surface area contributed by atoms with Crippen LogP contribution in [0.15, 0.2) is 125 Å². The highest BCUT2D eigenvalue weighted by Crippen LogP contribution is 2.33. The molecule has 0 amide bonds. The Balaban J connectivity index is 1.45. The van der Waals surface area contributed by atoms with Crippen LogP contribution in [0.4, 0.5) is 11.4 Å². The molecule has 1 atom stereocenters. The van der Waals surface area contributed by atoms with E-state index in [2.05, 4.69) is 4.99 Å². The Kier molecular flexibility index (Phi) is 10.6. The van der Waals surface area contributed by atoms with Gasteiger partial charge in [0.2, 0.25) is 11.6 Å². The van der Waals surface area contributed by atoms with Crippen LogP contribution in [0, 0.1) is 12.8 Å². The third kappa shape index (κ3) is 7.60. The minimum Gasteiger partial charge on any atom is -0.378 e. The minimum atomic E-state index is -1.04. The second kappa shape index (κ2) is 15.0. The number of ketones is 3. The fourth-order valence-electron chi connectivity index (χ4n) is 5.95. The van der Waals surface area contributed by atoms with Crippen molar-refractivity contribution in [2.75, 3.05) is 44.5 Å². The SMILES string of the molecule is CCN=C1C=CC(=C(CC=C2C(=O)C(=O)C(CC=C(c3ccc(C)cc3)c3ccc(N(C)C)cc3)C2=O)c2ccc(N(C)C)cc2)C=C1. The number of Topliss-reactive ketones (excluding diaryl/α,β-unsaturated/α-hetero) is 3. The Labute approximate surface area is 284 Å². The standard InChI is InChI=1S/C42H43N3O3/c1-7-43-33-18-12-30(13-19-33)37(32-16-22-35(23-17-32)45(5)6)25-27-39-40(46)38(41(47)42(39)48)26-24-36(29-10-8-28(2)9-11-29)31-14-20-34(21-15-31)44(3)4/h8-24,27,38H,7,25-26H2,1-6H3. The van der Waals surface area contributed by atoms with Crippen molar-refractivity contribution >= 4 is 45.6 Å². The van der Waals surface area contributed by atoms with Crippen LogP contribution in [0.3, 0.4) is 0 Å². The quantitative estimate of drug-likeness (QED) is 0.0989. The van der Waals surface area contributed by atoms with Crippen molar-refractivity contribution in [3.63, 3.8) is 0 Å². The molecule has 3 aromatic rings. The van der Waals surface area contributed by atoms with E-state index < -0.39 is 23.3 Å². The summed E-state index contributed by atoms with van der Waals surface area (Å²) in [5.74, 6) is -2.80. The number of aliphatic imine (C=N–C) groups is 1. The first-order valence-corrected chi connectivity index (χ1v) is 16.4. The number of carbonyl (C=O) groups excluding carboxylic acids is 3. The Bertz CT molecular complexity index is 1860. The number of hydrogen-bond acceptors (Lipinski definition) is 6. The van der Waals surface area contributed by atoms with Crippen LogP contribution in [-0.2, 0) is 14.4 Å². The Morgan fingerprint density at radius 1 is 0.708 bits per heavy atom. The van der Waals surface area contributed by atoms with Gasteiger partial charge in [0, 0.05) is 46.1 Å². The van der Waals surface area contributed by atoms with Crippen LogP contribution >= 0.6 is 0 Å². The molecule has 5 rings (SSSR count). The van der Waals surface area contributed by atoms with Gasteiger partial charge in [-0.3, -0.25) is 19.4 Å². The predicted octanol–water partition coefficient (Wildman–Crippen LogP) is 7.64. The van der Waals surface area contributed by atoms with Crippen LogP contribution < -0.4 is 9.80 Å². The van der Waals surface area contributed by atoms with Gasteiger partial charge in [-0.15, -0.1) is 0 Å². The van der Waals surface area contributed by atoms with E-state index in [1.807, 2.05) is 155 Å². The molecule has 6 heteroatoms. The molecule has 6 nitrogen and oxygen atoms in total. The van der Waals surface area contributed by atoms with E-state index in [-0.39, 0.29) is 12.0 Å². The Morgan fingerprint density at radius 2 is 1.23 bits per heavy atom. The molecule has 1 unspecified atom stereocenters. The van der Waals surface area contributed by atoms with Gasteiger partial charge in [0.1, 0.15) is 0 Å². The molecule has 0 aromatic heterocycles. The second-order valence-electron chi connectivity index (χ2n) is 12.5. The van der Waals surface area contributed by atoms with Crippen LogP contribution in [-0.4, -0.2) is 57.8 Å². The number of hydrogen-bond donors (Lipinski definition) is 0. The van der Waals surface area contributed by atoms with Crippen molar-refractivity contribution < 1.29 is 14.4 Å². The first-order valence-electron chi connectivity index (χ1n) is 16.4. The number of anilines is 2. The fraction of sp³-hybridized carbons (Fsp3) is 0.238. The van der Waals surface area contributed by atoms with Crippen LogP contribution in [0.2, 0.25) is 0 Å². The zero-order valence-electron chi connectivity index (χ0n) is 28.7. The van der Waals surface area contributed by atoms with Crippen molar-refractivity contribution in [2.45, 2.75) is 26.7 Å². The minimum absolute atomic E-state index is 0.0226. The molecule has 0 saturated heterocycles. The molecule has 2 aliphatic rings. The highest BCUT2D eigenvalue weighted by atomic mass is 16.2. The third-order valence-corrected chi connectivity index (χ3v) is 8.78. The lowest BCUT2D eigenvalue weighted by atomic mass is 9.91. The first-order chi connectivity index (χ1) is 23.1. The molecule has 0 bridgehead atoms. The van der Waals surface area contributed by atoms with Crippen molar-refractivity contribution in [3.8, 4) is 0 Å². The first kappa shape index (κ1) is 34.0. The van der Waals surface area contributed by atoms with Gasteiger partial charge in [0.25, 0.3) is 0 Å². The summed E-state index contributed by atoms with van der Waals surface area (Å²) in [6, 6.07) is 24.5. The monoisotopic (exact) mass is 637 g/mol. The number of carbonyl (C=O) groups is 3. The van der Waals surface area contributed by atoms with Crippen LogP contribution in [0.5, 0.6) is 0 Å². The van der Waals surface area contributed by atoms with Gasteiger partial charge in [0.15, 0.2) is 5.78 Å². The number of aryl methyl sites for hydroxylation is 1. The van der Waals surface area contributed by atoms with Gasteiger partial charge < -0.3 is 9.80 Å². The number of benzene rings is 3. The predicted molar refractivity (Wildman–Crippen MR) is 199 cm³/mol. The molecule has 2 aliphatic carbocycles. The summed E-state index contributed by atoms with van der Waals surface area (Å²) >= 11 is 0. The molecule has 3 aromatic carbocycles. The molecule has 0 N–H and O–H groups in total. The van der Waals surface area contributed by atoms with Gasteiger partial charge in [-0.1, -0.05) is 78.4 Å². The number of allylic oxidation sites excluding steroid dienone is 9. The summed E-state index contributed by atoms with van der Waals surface area (Å²) in [7, 11) is 7.97. The smallest absolute Gasteiger partial charge is 0.232 e. The van der Waals surface area contributed by atoms with E-state index in [1.54, 1.807) is 6.08 Å². The van der Waals surface area contributed by atoms with E-state index in [0.717, 1.165) is 56.1 Å². The van der Waals surface area contributed by atoms with Crippen LogP contribution in [0.1, 0.15) is 42.0 Å². The van der Waals surface area contributed by atoms with Crippen LogP contribution in [0.25, 0.3) is 11.1 Å². The van der Waals surface area contributed by atoms with Crippen molar-refractivity contribution in [3.05, 3.63) is 143 Å². The summed E-state index contributed by atoms with van der Waals surface area (Å²) in [4.78, 5) is 48.8. The van der Waals surface area contributed by atoms with Gasteiger partial charge in [0.05, 0.1) is 17.2 Å². The van der Waals surface area contributed by atoms with E-state index in [0.29, 0.717) is 13.0 Å². The highest BCUT2D eigenvalue weighted by molar-refractivity contribution is 6.59. The Morgan fingerprint density at radius 3 is 1.75 bits per heavy atom. The zero-order chi connectivity index (χ0) is 34.4. The van der Waals surface area contributed by atoms with Gasteiger partial charge in [-0.2, -0.15) is 0 Å². The topological polar surface area (TPSA) is 70.0 Å². The van der Waals surface area contributed by atoms with Gasteiger partial charge >= 0.3 is 0 Å². The summed E-state index contributed by atoms with van der Waals surface area (Å²) in [6.45, 7) is 4.72. The number of rotatable bonds is 10. The summed E-state index contributed by atoms with van der Waals surface area (Å²) in [6.07, 6.45) is 12.0. The van der Waals surface area contributed by atoms with E-state index in [4.69, 9.17) is 0 Å². The largest absolute Gasteiger partial charge is 0.378 e. The lowest BCUT2D eigenvalue weighted by Gasteiger charge is -2.16. The lowest BCUT2D eigenvalue weighted by Crippen LogP contribution is -2.16. The molecule has 0 heterocycles. The Hall–Kier alpha value is -5.36. The molecule has 0 spiro atoms.